The highest BCUT2D eigenvalue weighted by molar-refractivity contribution is 6.05. The van der Waals surface area contributed by atoms with E-state index >= 15 is 0 Å². The third-order valence-electron chi connectivity index (χ3n) is 5.24. The second kappa shape index (κ2) is 8.67. The highest BCUT2D eigenvalue weighted by Gasteiger charge is 2.24. The number of para-hydroxylation sites is 1. The number of anilines is 2. The van der Waals surface area contributed by atoms with Crippen molar-refractivity contribution in [3.05, 3.63) is 47.3 Å². The summed E-state index contributed by atoms with van der Waals surface area (Å²) < 4.78 is 5.38. The summed E-state index contributed by atoms with van der Waals surface area (Å²) in [6.45, 7) is 7.75. The molecule has 1 saturated heterocycles. The van der Waals surface area contributed by atoms with Gasteiger partial charge in [-0.3, -0.25) is 9.69 Å². The molecule has 28 heavy (non-hydrogen) atoms. The predicted octanol–water partition coefficient (Wildman–Crippen LogP) is 2.12. The quantitative estimate of drug-likeness (QED) is 0.856. The third-order valence-corrected chi connectivity index (χ3v) is 5.24. The Morgan fingerprint density at radius 1 is 1.18 bits per heavy atom. The number of aromatic nitrogens is 2. The van der Waals surface area contributed by atoms with Crippen molar-refractivity contribution in [2.45, 2.75) is 19.8 Å². The molecule has 4 rings (SSSR count). The molecule has 1 aromatic carbocycles. The smallest absolute Gasteiger partial charge is 0.277 e. The van der Waals surface area contributed by atoms with Crippen LogP contribution in [0.2, 0.25) is 0 Å². The van der Waals surface area contributed by atoms with Gasteiger partial charge in [-0.25, -0.2) is 9.97 Å². The van der Waals surface area contributed by atoms with E-state index in [0.717, 1.165) is 70.2 Å². The highest BCUT2D eigenvalue weighted by Crippen LogP contribution is 2.28. The summed E-state index contributed by atoms with van der Waals surface area (Å²) in [7, 11) is 0. The van der Waals surface area contributed by atoms with Gasteiger partial charge >= 0.3 is 0 Å². The van der Waals surface area contributed by atoms with Crippen molar-refractivity contribution >= 4 is 17.5 Å². The second-order valence-electron chi connectivity index (χ2n) is 7.29. The first kappa shape index (κ1) is 18.8. The third kappa shape index (κ3) is 4.31. The van der Waals surface area contributed by atoms with Crippen molar-refractivity contribution in [3.8, 4) is 0 Å². The first-order chi connectivity index (χ1) is 13.7. The van der Waals surface area contributed by atoms with Gasteiger partial charge in [-0.05, 0) is 37.5 Å². The monoisotopic (exact) mass is 381 g/mol. The highest BCUT2D eigenvalue weighted by atomic mass is 16.5. The number of hydrogen-bond acceptors (Lipinski definition) is 6. The van der Waals surface area contributed by atoms with E-state index in [1.165, 1.54) is 5.56 Å². The van der Waals surface area contributed by atoms with Crippen LogP contribution in [0.3, 0.4) is 0 Å². The number of nitrogens with zero attached hydrogens (tertiary/aromatic N) is 4. The van der Waals surface area contributed by atoms with Crippen LogP contribution in [0.4, 0.5) is 11.6 Å². The summed E-state index contributed by atoms with van der Waals surface area (Å²) in [5.74, 6) is 0.454. The van der Waals surface area contributed by atoms with Crippen molar-refractivity contribution in [1.29, 1.82) is 0 Å². The summed E-state index contributed by atoms with van der Waals surface area (Å²) in [5, 5.41) is 3.27. The van der Waals surface area contributed by atoms with E-state index in [0.29, 0.717) is 11.6 Å². The molecule has 0 spiro atoms. The fourth-order valence-electron chi connectivity index (χ4n) is 3.79. The summed E-state index contributed by atoms with van der Waals surface area (Å²) in [6.07, 6.45) is 1.98. The number of carbonyl (C=O) groups excluding carboxylic acids is 1. The molecule has 0 aliphatic carbocycles. The topological polar surface area (TPSA) is 70.6 Å². The van der Waals surface area contributed by atoms with E-state index in [9.17, 15) is 4.79 Å². The number of hydrogen-bond donors (Lipinski definition) is 1. The van der Waals surface area contributed by atoms with Crippen LogP contribution in [-0.2, 0) is 11.2 Å². The normalized spacial score (nSPS) is 17.2. The van der Waals surface area contributed by atoms with Crippen molar-refractivity contribution in [3.63, 3.8) is 0 Å². The standard InChI is InChI=1S/C21H27N5O2/c1-16-15-18(20(27)26-9-4-6-17-5-2-3-7-19(17)26)24-21(23-16)22-8-10-25-11-13-28-14-12-25/h2-3,5,7,15H,4,6,8-14H2,1H3,(H,22,23,24). The van der Waals surface area contributed by atoms with Gasteiger partial charge in [0.15, 0.2) is 0 Å². The first-order valence-corrected chi connectivity index (χ1v) is 10.00. The minimum absolute atomic E-state index is 0.0612. The Labute approximate surface area is 165 Å². The number of rotatable bonds is 5. The van der Waals surface area contributed by atoms with Gasteiger partial charge in [-0.15, -0.1) is 0 Å². The maximum atomic E-state index is 13.2. The van der Waals surface area contributed by atoms with Crippen LogP contribution in [0, 0.1) is 6.92 Å². The Morgan fingerprint density at radius 2 is 2.00 bits per heavy atom. The van der Waals surface area contributed by atoms with Crippen LogP contribution in [0.5, 0.6) is 0 Å². The summed E-state index contributed by atoms with van der Waals surface area (Å²) >= 11 is 0. The minimum atomic E-state index is -0.0612. The molecule has 3 heterocycles. The van der Waals surface area contributed by atoms with Gasteiger partial charge in [-0.2, -0.15) is 0 Å². The van der Waals surface area contributed by atoms with E-state index in [-0.39, 0.29) is 5.91 Å². The molecular formula is C21H27N5O2. The summed E-state index contributed by atoms with van der Waals surface area (Å²) in [6, 6.07) is 9.89. The molecule has 1 fully saturated rings. The van der Waals surface area contributed by atoms with Crippen molar-refractivity contribution in [1.82, 2.24) is 14.9 Å². The molecule has 0 saturated carbocycles. The van der Waals surface area contributed by atoms with Crippen LogP contribution in [0.15, 0.2) is 30.3 Å². The Hall–Kier alpha value is -2.51. The van der Waals surface area contributed by atoms with Gasteiger partial charge in [0.2, 0.25) is 5.95 Å². The minimum Gasteiger partial charge on any atom is -0.379 e. The van der Waals surface area contributed by atoms with Crippen LogP contribution in [0.1, 0.15) is 28.2 Å². The lowest BCUT2D eigenvalue weighted by Gasteiger charge is -2.29. The number of morpholine rings is 1. The largest absolute Gasteiger partial charge is 0.379 e. The number of amides is 1. The number of nitrogens with one attached hydrogen (secondary N) is 1. The Balaban J connectivity index is 1.45. The SMILES string of the molecule is Cc1cc(C(=O)N2CCCc3ccccc32)nc(NCCN2CCOCC2)n1. The predicted molar refractivity (Wildman–Crippen MR) is 109 cm³/mol. The molecule has 0 unspecified atom stereocenters. The van der Waals surface area contributed by atoms with Crippen LogP contribution < -0.4 is 10.2 Å². The lowest BCUT2D eigenvalue weighted by Crippen LogP contribution is -2.39. The van der Waals surface area contributed by atoms with E-state index in [2.05, 4.69) is 26.3 Å². The second-order valence-corrected chi connectivity index (χ2v) is 7.29. The maximum Gasteiger partial charge on any atom is 0.277 e. The van der Waals surface area contributed by atoms with Gasteiger partial charge in [0, 0.05) is 44.1 Å². The van der Waals surface area contributed by atoms with Gasteiger partial charge in [0.1, 0.15) is 5.69 Å². The number of carbonyl (C=O) groups is 1. The maximum absolute atomic E-state index is 13.2. The summed E-state index contributed by atoms with van der Waals surface area (Å²) in [4.78, 5) is 26.3. The Morgan fingerprint density at radius 3 is 2.86 bits per heavy atom. The zero-order valence-electron chi connectivity index (χ0n) is 16.4. The zero-order chi connectivity index (χ0) is 19.3. The number of aryl methyl sites for hydroxylation is 2. The van der Waals surface area contributed by atoms with Gasteiger partial charge < -0.3 is 15.0 Å². The molecule has 2 aliphatic rings. The molecular weight excluding hydrogens is 354 g/mol. The molecule has 2 aliphatic heterocycles. The van der Waals surface area contributed by atoms with Crippen molar-refractivity contribution in [2.24, 2.45) is 0 Å². The van der Waals surface area contributed by atoms with E-state index in [1.54, 1.807) is 6.07 Å². The average molecular weight is 381 g/mol. The van der Waals surface area contributed by atoms with Gasteiger partial charge in [0.05, 0.1) is 13.2 Å². The van der Waals surface area contributed by atoms with Crippen LogP contribution >= 0.6 is 0 Å². The average Bonchev–Trinajstić information content (AvgIpc) is 2.73. The lowest BCUT2D eigenvalue weighted by molar-refractivity contribution is 0.0398. The molecule has 0 atom stereocenters. The summed E-state index contributed by atoms with van der Waals surface area (Å²) in [5.41, 5.74) is 3.45. The number of ether oxygens (including phenoxy) is 1. The molecule has 1 amide bonds. The molecule has 148 valence electrons. The number of fused-ring (bicyclic) bond motifs is 1. The fraction of sp³-hybridized carbons (Fsp3) is 0.476. The van der Waals surface area contributed by atoms with Crippen molar-refractivity contribution in [2.75, 3.05) is 56.2 Å². The Bertz CT molecular complexity index is 835. The van der Waals surface area contributed by atoms with E-state index < -0.39 is 0 Å². The Kier molecular flexibility index (Phi) is 5.83. The molecule has 0 radical (unpaired) electrons. The van der Waals surface area contributed by atoms with Gasteiger partial charge in [0.25, 0.3) is 5.91 Å². The molecule has 7 heteroatoms. The molecule has 2 aromatic rings. The zero-order valence-corrected chi connectivity index (χ0v) is 16.4. The van der Waals surface area contributed by atoms with Crippen LogP contribution in [0.25, 0.3) is 0 Å². The molecule has 1 N–H and O–H groups in total. The van der Waals surface area contributed by atoms with Crippen molar-refractivity contribution < 1.29 is 9.53 Å². The van der Waals surface area contributed by atoms with Crippen LogP contribution in [-0.4, -0.2) is 66.7 Å². The molecule has 0 bridgehead atoms. The first-order valence-electron chi connectivity index (χ1n) is 10.00. The van der Waals surface area contributed by atoms with E-state index in [4.69, 9.17) is 4.74 Å². The lowest BCUT2D eigenvalue weighted by atomic mass is 10.0. The van der Waals surface area contributed by atoms with Gasteiger partial charge in [-0.1, -0.05) is 18.2 Å². The molecule has 1 aromatic heterocycles. The van der Waals surface area contributed by atoms with E-state index in [1.807, 2.05) is 30.0 Å². The number of benzene rings is 1. The fourth-order valence-corrected chi connectivity index (χ4v) is 3.79. The molecule has 7 nitrogen and oxygen atoms in total.